The van der Waals surface area contributed by atoms with Crippen LogP contribution in [0.1, 0.15) is 51.1 Å². The first-order chi connectivity index (χ1) is 7.29. The summed E-state index contributed by atoms with van der Waals surface area (Å²) in [6.07, 6.45) is 5.60. The third-order valence-electron chi connectivity index (χ3n) is 2.64. The molecule has 1 aromatic rings. The van der Waals surface area contributed by atoms with E-state index in [4.69, 9.17) is 0 Å². The van der Waals surface area contributed by atoms with Gasteiger partial charge in [-0.2, -0.15) is 0 Å². The van der Waals surface area contributed by atoms with Gasteiger partial charge in [0, 0.05) is 11.6 Å². The topological polar surface area (TPSA) is 24.9 Å². The van der Waals surface area contributed by atoms with Gasteiger partial charge in [-0.3, -0.25) is 0 Å². The van der Waals surface area contributed by atoms with E-state index in [0.717, 1.165) is 6.54 Å². The van der Waals surface area contributed by atoms with E-state index in [0.29, 0.717) is 12.0 Å². The van der Waals surface area contributed by atoms with Gasteiger partial charge in [-0.1, -0.05) is 27.2 Å². The van der Waals surface area contributed by atoms with Crippen molar-refractivity contribution in [1.29, 1.82) is 0 Å². The number of hydrogen-bond acceptors (Lipinski definition) is 3. The highest BCUT2D eigenvalue weighted by Crippen LogP contribution is 2.26. The van der Waals surface area contributed by atoms with Crippen molar-refractivity contribution in [3.63, 3.8) is 0 Å². The SMILES string of the molecule is CCCNC(c1nccs1)C(C)CCC. The molecule has 0 aliphatic carbocycles. The fourth-order valence-electron chi connectivity index (χ4n) is 1.84. The first-order valence-corrected chi connectivity index (χ1v) is 6.80. The summed E-state index contributed by atoms with van der Waals surface area (Å²) in [4.78, 5) is 4.43. The van der Waals surface area contributed by atoms with Crippen molar-refractivity contribution in [3.8, 4) is 0 Å². The molecule has 0 fully saturated rings. The van der Waals surface area contributed by atoms with Crippen LogP contribution in [0, 0.1) is 5.92 Å². The van der Waals surface area contributed by atoms with Crippen LogP contribution >= 0.6 is 11.3 Å². The molecule has 0 radical (unpaired) electrons. The maximum absolute atomic E-state index is 4.43. The van der Waals surface area contributed by atoms with Gasteiger partial charge in [0.1, 0.15) is 5.01 Å². The first kappa shape index (κ1) is 12.7. The molecule has 2 atom stereocenters. The lowest BCUT2D eigenvalue weighted by Crippen LogP contribution is -2.27. The van der Waals surface area contributed by atoms with Gasteiger partial charge < -0.3 is 5.32 Å². The minimum Gasteiger partial charge on any atom is -0.308 e. The predicted molar refractivity (Wildman–Crippen MR) is 67.2 cm³/mol. The molecule has 0 spiro atoms. The summed E-state index contributed by atoms with van der Waals surface area (Å²) in [5, 5.41) is 6.91. The molecule has 0 aliphatic heterocycles. The van der Waals surface area contributed by atoms with Crippen LogP contribution in [0.25, 0.3) is 0 Å². The lowest BCUT2D eigenvalue weighted by molar-refractivity contribution is 0.362. The Hall–Kier alpha value is -0.410. The molecule has 0 saturated heterocycles. The molecule has 1 aromatic heterocycles. The minimum absolute atomic E-state index is 0.449. The molecule has 0 saturated carbocycles. The van der Waals surface area contributed by atoms with Crippen molar-refractivity contribution >= 4 is 11.3 Å². The number of rotatable bonds is 7. The summed E-state index contributed by atoms with van der Waals surface area (Å²) >= 11 is 1.76. The number of hydrogen-bond donors (Lipinski definition) is 1. The number of nitrogens with one attached hydrogen (secondary N) is 1. The van der Waals surface area contributed by atoms with Gasteiger partial charge in [0.2, 0.25) is 0 Å². The molecule has 86 valence electrons. The van der Waals surface area contributed by atoms with Gasteiger partial charge in [-0.05, 0) is 25.3 Å². The minimum atomic E-state index is 0.449. The van der Waals surface area contributed by atoms with Crippen LogP contribution in [0.3, 0.4) is 0 Å². The lowest BCUT2D eigenvalue weighted by Gasteiger charge is -2.22. The van der Waals surface area contributed by atoms with Crippen LogP contribution in [0.5, 0.6) is 0 Å². The van der Waals surface area contributed by atoms with Crippen molar-refractivity contribution in [3.05, 3.63) is 16.6 Å². The Morgan fingerprint density at radius 1 is 1.40 bits per heavy atom. The van der Waals surface area contributed by atoms with Crippen molar-refractivity contribution < 1.29 is 0 Å². The molecule has 0 aliphatic rings. The summed E-state index contributed by atoms with van der Waals surface area (Å²) in [5.41, 5.74) is 0. The average Bonchev–Trinajstić information content (AvgIpc) is 2.72. The molecule has 0 amide bonds. The molecule has 2 unspecified atom stereocenters. The largest absolute Gasteiger partial charge is 0.308 e. The van der Waals surface area contributed by atoms with Crippen molar-refractivity contribution in [2.75, 3.05) is 6.54 Å². The molecule has 0 aromatic carbocycles. The van der Waals surface area contributed by atoms with E-state index >= 15 is 0 Å². The van der Waals surface area contributed by atoms with Crippen LogP contribution in [-0.4, -0.2) is 11.5 Å². The second kappa shape index (κ2) is 6.96. The van der Waals surface area contributed by atoms with Gasteiger partial charge in [0.25, 0.3) is 0 Å². The fraction of sp³-hybridized carbons (Fsp3) is 0.750. The van der Waals surface area contributed by atoms with E-state index in [2.05, 4.69) is 36.5 Å². The molecule has 0 bridgehead atoms. The highest BCUT2D eigenvalue weighted by atomic mass is 32.1. The molecular weight excluding hydrogens is 204 g/mol. The van der Waals surface area contributed by atoms with E-state index in [1.165, 1.54) is 24.3 Å². The van der Waals surface area contributed by atoms with Gasteiger partial charge in [0.05, 0.1) is 6.04 Å². The third-order valence-corrected chi connectivity index (χ3v) is 3.50. The Bertz CT molecular complexity index is 246. The molecule has 1 rings (SSSR count). The Kier molecular flexibility index (Phi) is 5.88. The summed E-state index contributed by atoms with van der Waals surface area (Å²) in [6.45, 7) is 7.85. The summed E-state index contributed by atoms with van der Waals surface area (Å²) in [5.74, 6) is 0.674. The van der Waals surface area contributed by atoms with Crippen LogP contribution in [0.4, 0.5) is 0 Å². The zero-order valence-electron chi connectivity index (χ0n) is 9.99. The Labute approximate surface area is 97.1 Å². The average molecular weight is 226 g/mol. The van der Waals surface area contributed by atoms with Gasteiger partial charge in [-0.25, -0.2) is 4.98 Å². The lowest BCUT2D eigenvalue weighted by atomic mass is 9.97. The van der Waals surface area contributed by atoms with Crippen LogP contribution in [0.15, 0.2) is 11.6 Å². The van der Waals surface area contributed by atoms with Gasteiger partial charge in [-0.15, -0.1) is 11.3 Å². The van der Waals surface area contributed by atoms with Crippen molar-refractivity contribution in [1.82, 2.24) is 10.3 Å². The van der Waals surface area contributed by atoms with Gasteiger partial charge in [0.15, 0.2) is 0 Å². The monoisotopic (exact) mass is 226 g/mol. The van der Waals surface area contributed by atoms with E-state index in [-0.39, 0.29) is 0 Å². The molecule has 3 heteroatoms. The van der Waals surface area contributed by atoms with Crippen molar-refractivity contribution in [2.24, 2.45) is 5.92 Å². The van der Waals surface area contributed by atoms with E-state index in [1.54, 1.807) is 11.3 Å². The van der Waals surface area contributed by atoms with Crippen LogP contribution in [-0.2, 0) is 0 Å². The Balaban J connectivity index is 2.60. The quantitative estimate of drug-likeness (QED) is 0.768. The third kappa shape index (κ3) is 3.92. The maximum atomic E-state index is 4.43. The standard InChI is InChI=1S/C12H22N2S/c1-4-6-10(3)11(13-7-5-2)12-14-8-9-15-12/h8-11,13H,4-7H2,1-3H3. The summed E-state index contributed by atoms with van der Waals surface area (Å²) < 4.78 is 0. The second-order valence-electron chi connectivity index (χ2n) is 4.07. The maximum Gasteiger partial charge on any atom is 0.110 e. The van der Waals surface area contributed by atoms with E-state index < -0.39 is 0 Å². The highest BCUT2D eigenvalue weighted by molar-refractivity contribution is 7.09. The number of thiazole rings is 1. The molecule has 1 N–H and O–H groups in total. The summed E-state index contributed by atoms with van der Waals surface area (Å²) in [6, 6.07) is 0.449. The first-order valence-electron chi connectivity index (χ1n) is 5.92. The smallest absolute Gasteiger partial charge is 0.110 e. The van der Waals surface area contributed by atoms with E-state index in [9.17, 15) is 0 Å². The zero-order chi connectivity index (χ0) is 11.1. The van der Waals surface area contributed by atoms with Gasteiger partial charge >= 0.3 is 0 Å². The van der Waals surface area contributed by atoms with Crippen LogP contribution in [0.2, 0.25) is 0 Å². The highest BCUT2D eigenvalue weighted by Gasteiger charge is 2.19. The van der Waals surface area contributed by atoms with Crippen molar-refractivity contribution in [2.45, 2.75) is 46.1 Å². The molecular formula is C12H22N2S. The van der Waals surface area contributed by atoms with E-state index in [1.807, 2.05) is 6.20 Å². The summed E-state index contributed by atoms with van der Waals surface area (Å²) in [7, 11) is 0. The Morgan fingerprint density at radius 2 is 2.20 bits per heavy atom. The normalized spacial score (nSPS) is 15.1. The predicted octanol–water partition coefficient (Wildman–Crippen LogP) is 3.62. The number of aromatic nitrogens is 1. The Morgan fingerprint density at radius 3 is 2.73 bits per heavy atom. The fourth-order valence-corrected chi connectivity index (χ4v) is 2.69. The zero-order valence-corrected chi connectivity index (χ0v) is 10.8. The second-order valence-corrected chi connectivity index (χ2v) is 4.99. The number of nitrogens with zero attached hydrogens (tertiary/aromatic N) is 1. The molecule has 15 heavy (non-hydrogen) atoms. The van der Waals surface area contributed by atoms with Crippen LogP contribution < -0.4 is 5.32 Å². The molecule has 2 nitrogen and oxygen atoms in total. The molecule has 1 heterocycles.